The first-order chi connectivity index (χ1) is 13.0. The second-order valence-electron chi connectivity index (χ2n) is 5.14. The molecule has 0 radical (unpaired) electrons. The topological polar surface area (TPSA) is 81.3 Å². The van der Waals surface area contributed by atoms with Crippen LogP contribution in [0, 0.1) is 0 Å². The normalized spacial score (nSPS) is 11.0. The Balaban J connectivity index is 1.81. The summed E-state index contributed by atoms with van der Waals surface area (Å²) >= 11 is 7.24. The van der Waals surface area contributed by atoms with Crippen molar-refractivity contribution in [1.29, 1.82) is 0 Å². The van der Waals surface area contributed by atoms with Gasteiger partial charge in [0.05, 0.1) is 19.1 Å². The van der Waals surface area contributed by atoms with E-state index in [0.717, 1.165) is 15.8 Å². The molecular formula is C16H15ClF2N4O3S. The van der Waals surface area contributed by atoms with Gasteiger partial charge in [-0.3, -0.25) is 4.72 Å². The summed E-state index contributed by atoms with van der Waals surface area (Å²) in [6.45, 7) is -0.824. The van der Waals surface area contributed by atoms with E-state index in [1.165, 1.54) is 26.2 Å². The highest BCUT2D eigenvalue weighted by molar-refractivity contribution is 8.00. The summed E-state index contributed by atoms with van der Waals surface area (Å²) in [5.41, 5.74) is 0.888. The van der Waals surface area contributed by atoms with Crippen molar-refractivity contribution in [3.63, 3.8) is 0 Å². The number of nitrogens with one attached hydrogen (secondary N) is 2. The number of halogens is 3. The summed E-state index contributed by atoms with van der Waals surface area (Å²) in [5.74, 6) is 0.0478. The first-order valence-corrected chi connectivity index (χ1v) is 8.81. The fourth-order valence-electron chi connectivity index (χ4n) is 2.26. The molecular weight excluding hydrogens is 402 g/mol. The number of ether oxygens (including phenoxy) is 3. The molecule has 0 bridgehead atoms. The number of aromatic amines is 1. The number of anilines is 1. The number of rotatable bonds is 8. The van der Waals surface area contributed by atoms with E-state index in [4.69, 9.17) is 25.8 Å². The minimum Gasteiger partial charge on any atom is -0.478 e. The lowest BCUT2D eigenvalue weighted by Gasteiger charge is -2.14. The van der Waals surface area contributed by atoms with Gasteiger partial charge in [0.15, 0.2) is 0 Å². The molecule has 3 rings (SSSR count). The number of hydrogen-bond acceptors (Lipinski definition) is 7. The van der Waals surface area contributed by atoms with Crippen molar-refractivity contribution >= 4 is 40.4 Å². The van der Waals surface area contributed by atoms with Crippen LogP contribution < -0.4 is 18.9 Å². The summed E-state index contributed by atoms with van der Waals surface area (Å²) in [5, 5.41) is 1.60. The first kappa shape index (κ1) is 19.3. The van der Waals surface area contributed by atoms with Crippen LogP contribution in [0.3, 0.4) is 0 Å². The quantitative estimate of drug-likeness (QED) is 0.527. The highest BCUT2D eigenvalue weighted by Crippen LogP contribution is 2.37. The van der Waals surface area contributed by atoms with Crippen LogP contribution in [0.25, 0.3) is 10.9 Å². The van der Waals surface area contributed by atoms with E-state index in [-0.39, 0.29) is 23.5 Å². The average molecular weight is 417 g/mol. The number of alkyl halides is 2. The van der Waals surface area contributed by atoms with Gasteiger partial charge in [-0.25, -0.2) is 8.78 Å². The summed E-state index contributed by atoms with van der Waals surface area (Å²) in [7, 11) is 2.69. The second-order valence-corrected chi connectivity index (χ2v) is 6.43. The standard InChI is InChI=1S/C16H15ClF2N4O3S/c1-24-14-13(26-7-12(18)19)15(25-2)22-16(21-14)23-27-11-6-20-10-5-8(17)3-4-9(10)11/h3-6,12,20H,7H2,1-2H3,(H,21,22,23). The summed E-state index contributed by atoms with van der Waals surface area (Å²) in [6.07, 6.45) is -0.837. The van der Waals surface area contributed by atoms with E-state index in [1.54, 1.807) is 6.07 Å². The molecule has 0 aliphatic heterocycles. The van der Waals surface area contributed by atoms with Gasteiger partial charge < -0.3 is 19.2 Å². The molecule has 0 atom stereocenters. The monoisotopic (exact) mass is 416 g/mol. The zero-order chi connectivity index (χ0) is 19.4. The molecule has 2 heterocycles. The first-order valence-electron chi connectivity index (χ1n) is 7.62. The number of H-pyrrole nitrogens is 1. The largest absolute Gasteiger partial charge is 0.478 e. The van der Waals surface area contributed by atoms with Crippen LogP contribution in [-0.2, 0) is 0 Å². The van der Waals surface area contributed by atoms with Crippen molar-refractivity contribution < 1.29 is 23.0 Å². The molecule has 0 spiro atoms. The lowest BCUT2D eigenvalue weighted by Crippen LogP contribution is -2.11. The second kappa shape index (κ2) is 8.49. The van der Waals surface area contributed by atoms with Gasteiger partial charge in [-0.15, -0.1) is 0 Å². The van der Waals surface area contributed by atoms with E-state index < -0.39 is 13.0 Å². The molecule has 144 valence electrons. The minimum absolute atomic E-state index is 0.0173. The maximum atomic E-state index is 12.4. The zero-order valence-corrected chi connectivity index (χ0v) is 15.8. The van der Waals surface area contributed by atoms with Crippen LogP contribution in [0.15, 0.2) is 29.3 Å². The lowest BCUT2D eigenvalue weighted by molar-refractivity contribution is 0.0781. The summed E-state index contributed by atoms with van der Waals surface area (Å²) in [4.78, 5) is 12.3. The van der Waals surface area contributed by atoms with Crippen molar-refractivity contribution in [2.45, 2.75) is 11.3 Å². The van der Waals surface area contributed by atoms with Gasteiger partial charge in [0, 0.05) is 22.1 Å². The molecule has 2 N–H and O–H groups in total. The van der Waals surface area contributed by atoms with Gasteiger partial charge in [-0.2, -0.15) is 9.97 Å². The Morgan fingerprint density at radius 3 is 2.56 bits per heavy atom. The molecule has 11 heteroatoms. The van der Waals surface area contributed by atoms with Gasteiger partial charge >= 0.3 is 0 Å². The third kappa shape index (κ3) is 4.45. The Bertz CT molecular complexity index is 916. The fraction of sp³-hybridized carbons (Fsp3) is 0.250. The van der Waals surface area contributed by atoms with Gasteiger partial charge in [-0.1, -0.05) is 17.7 Å². The third-order valence-electron chi connectivity index (χ3n) is 3.40. The zero-order valence-electron chi connectivity index (χ0n) is 14.3. The maximum Gasteiger partial charge on any atom is 0.272 e. The van der Waals surface area contributed by atoms with E-state index in [0.29, 0.717) is 5.02 Å². The van der Waals surface area contributed by atoms with Gasteiger partial charge in [0.2, 0.25) is 11.7 Å². The van der Waals surface area contributed by atoms with Crippen LogP contribution in [0.4, 0.5) is 14.7 Å². The molecule has 27 heavy (non-hydrogen) atoms. The SMILES string of the molecule is COc1nc(NSc2c[nH]c3cc(Cl)ccc23)nc(OC)c1OCC(F)F. The lowest BCUT2D eigenvalue weighted by atomic mass is 10.2. The number of aromatic nitrogens is 3. The van der Waals surface area contributed by atoms with Gasteiger partial charge in [-0.05, 0) is 24.1 Å². The highest BCUT2D eigenvalue weighted by atomic mass is 35.5. The van der Waals surface area contributed by atoms with Crippen LogP contribution in [0.1, 0.15) is 0 Å². The predicted molar refractivity (Wildman–Crippen MR) is 99.4 cm³/mol. The number of benzene rings is 1. The van der Waals surface area contributed by atoms with Crippen molar-refractivity contribution in [2.75, 3.05) is 25.5 Å². The van der Waals surface area contributed by atoms with E-state index in [2.05, 4.69) is 19.7 Å². The summed E-state index contributed by atoms with van der Waals surface area (Å²) < 4.78 is 43.1. The van der Waals surface area contributed by atoms with E-state index >= 15 is 0 Å². The number of hydrogen-bond donors (Lipinski definition) is 2. The molecule has 3 aromatic rings. The minimum atomic E-state index is -2.65. The Morgan fingerprint density at radius 1 is 1.22 bits per heavy atom. The molecule has 0 fully saturated rings. The third-order valence-corrected chi connectivity index (χ3v) is 4.48. The maximum absolute atomic E-state index is 12.4. The Kier molecular flexibility index (Phi) is 6.07. The number of nitrogens with zero attached hydrogens (tertiary/aromatic N) is 2. The van der Waals surface area contributed by atoms with Crippen molar-refractivity contribution in [2.24, 2.45) is 0 Å². The average Bonchev–Trinajstić information content (AvgIpc) is 3.06. The molecule has 0 saturated carbocycles. The van der Waals surface area contributed by atoms with Gasteiger partial charge in [0.1, 0.15) is 6.61 Å². The smallest absolute Gasteiger partial charge is 0.272 e. The Hall–Kier alpha value is -2.46. The molecule has 0 saturated heterocycles. The molecule has 0 amide bonds. The fourth-order valence-corrected chi connectivity index (χ4v) is 3.13. The van der Waals surface area contributed by atoms with Crippen LogP contribution >= 0.6 is 23.5 Å². The molecule has 2 aromatic heterocycles. The van der Waals surface area contributed by atoms with Crippen molar-refractivity contribution in [3.8, 4) is 17.5 Å². The predicted octanol–water partition coefficient (Wildman–Crippen LogP) is 4.39. The van der Waals surface area contributed by atoms with Crippen molar-refractivity contribution in [1.82, 2.24) is 15.0 Å². The van der Waals surface area contributed by atoms with Gasteiger partial charge in [0.25, 0.3) is 18.2 Å². The summed E-state index contributed by atoms with van der Waals surface area (Å²) in [6, 6.07) is 5.50. The molecule has 1 aromatic carbocycles. The van der Waals surface area contributed by atoms with Crippen LogP contribution in [0.5, 0.6) is 17.5 Å². The van der Waals surface area contributed by atoms with E-state index in [1.807, 2.05) is 18.3 Å². The Morgan fingerprint density at radius 2 is 1.93 bits per heavy atom. The number of methoxy groups -OCH3 is 2. The number of fused-ring (bicyclic) bond motifs is 1. The van der Waals surface area contributed by atoms with Crippen LogP contribution in [-0.4, -0.2) is 42.2 Å². The Labute approximate surface area is 162 Å². The molecule has 0 aliphatic rings. The molecule has 0 aliphatic carbocycles. The molecule has 0 unspecified atom stereocenters. The van der Waals surface area contributed by atoms with E-state index in [9.17, 15) is 8.78 Å². The highest BCUT2D eigenvalue weighted by Gasteiger charge is 2.20. The van der Waals surface area contributed by atoms with Crippen molar-refractivity contribution in [3.05, 3.63) is 29.4 Å². The molecule has 7 nitrogen and oxygen atoms in total. The van der Waals surface area contributed by atoms with Crippen LogP contribution in [0.2, 0.25) is 5.02 Å².